The standard InChI is InChI=1S/C21H16N4S/c22-13-18-20-16(12-15-6-4-5-9-19(15)25-20)14-24-21(18)26-11-10-23-17-7-2-1-3-8-17/h1-9,12,14,23H,10-11H2. The second-order valence-electron chi connectivity index (χ2n) is 5.81. The van der Waals surface area contributed by atoms with Crippen molar-refractivity contribution in [3.63, 3.8) is 0 Å². The molecular weight excluding hydrogens is 340 g/mol. The summed E-state index contributed by atoms with van der Waals surface area (Å²) in [5, 5.41) is 15.7. The molecule has 0 aliphatic rings. The minimum atomic E-state index is 0.554. The third-order valence-corrected chi connectivity index (χ3v) is 5.07. The molecule has 2 aromatic heterocycles. The lowest BCUT2D eigenvalue weighted by Crippen LogP contribution is -2.04. The van der Waals surface area contributed by atoms with Crippen molar-refractivity contribution in [2.75, 3.05) is 17.6 Å². The number of anilines is 1. The minimum absolute atomic E-state index is 0.554. The number of nitrogens with one attached hydrogen (secondary N) is 1. The van der Waals surface area contributed by atoms with Crippen LogP contribution in [0.5, 0.6) is 0 Å². The Morgan fingerprint density at radius 1 is 1.00 bits per heavy atom. The van der Waals surface area contributed by atoms with Crippen molar-refractivity contribution >= 4 is 39.3 Å². The van der Waals surface area contributed by atoms with Crippen LogP contribution in [-0.2, 0) is 0 Å². The Bertz CT molecular complexity index is 1100. The summed E-state index contributed by atoms with van der Waals surface area (Å²) in [6.45, 7) is 0.796. The molecular formula is C21H16N4S. The van der Waals surface area contributed by atoms with Gasteiger partial charge in [-0.25, -0.2) is 9.97 Å². The SMILES string of the molecule is N#Cc1c(SCCNc2ccccc2)ncc2cc3ccccc3nc12. The summed E-state index contributed by atoms with van der Waals surface area (Å²) in [6.07, 6.45) is 1.81. The fraction of sp³-hybridized carbons (Fsp3) is 0.0952. The fourth-order valence-electron chi connectivity index (χ4n) is 2.83. The number of rotatable bonds is 5. The predicted octanol–water partition coefficient (Wildman–Crippen LogP) is 4.86. The third-order valence-electron chi connectivity index (χ3n) is 4.08. The molecule has 0 unspecified atom stereocenters. The van der Waals surface area contributed by atoms with Crippen molar-refractivity contribution < 1.29 is 0 Å². The highest BCUT2D eigenvalue weighted by Crippen LogP contribution is 2.28. The zero-order chi connectivity index (χ0) is 17.8. The van der Waals surface area contributed by atoms with Crippen LogP contribution in [0.25, 0.3) is 21.8 Å². The van der Waals surface area contributed by atoms with Crippen LogP contribution in [0, 0.1) is 11.3 Å². The molecule has 0 saturated carbocycles. The largest absolute Gasteiger partial charge is 0.384 e. The van der Waals surface area contributed by atoms with E-state index < -0.39 is 0 Å². The lowest BCUT2D eigenvalue weighted by molar-refractivity contribution is 1.12. The van der Waals surface area contributed by atoms with Crippen LogP contribution >= 0.6 is 11.8 Å². The number of aromatic nitrogens is 2. The summed E-state index contributed by atoms with van der Waals surface area (Å²) >= 11 is 1.57. The van der Waals surface area contributed by atoms with Gasteiger partial charge in [-0.05, 0) is 24.3 Å². The number of hydrogen-bond donors (Lipinski definition) is 1. The molecule has 0 saturated heterocycles. The van der Waals surface area contributed by atoms with Crippen LogP contribution in [0.15, 0.2) is 71.9 Å². The van der Waals surface area contributed by atoms with Crippen molar-refractivity contribution in [3.05, 3.63) is 72.4 Å². The van der Waals surface area contributed by atoms with Gasteiger partial charge in [-0.2, -0.15) is 5.26 Å². The first-order valence-corrected chi connectivity index (χ1v) is 9.34. The van der Waals surface area contributed by atoms with Gasteiger partial charge in [0, 0.05) is 35.0 Å². The van der Waals surface area contributed by atoms with E-state index in [1.54, 1.807) is 11.8 Å². The first-order chi connectivity index (χ1) is 12.8. The van der Waals surface area contributed by atoms with Crippen molar-refractivity contribution in [2.24, 2.45) is 0 Å². The number of nitrogens with zero attached hydrogens (tertiary/aromatic N) is 3. The highest BCUT2D eigenvalue weighted by molar-refractivity contribution is 7.99. The Balaban J connectivity index is 1.57. The molecule has 2 heterocycles. The molecule has 0 fully saturated rings. The van der Waals surface area contributed by atoms with Gasteiger partial charge >= 0.3 is 0 Å². The molecule has 0 amide bonds. The molecule has 0 spiro atoms. The summed E-state index contributed by atoms with van der Waals surface area (Å²) in [4.78, 5) is 9.20. The van der Waals surface area contributed by atoms with Crippen LogP contribution < -0.4 is 5.32 Å². The predicted molar refractivity (Wildman–Crippen MR) is 107 cm³/mol. The van der Waals surface area contributed by atoms with E-state index in [9.17, 15) is 5.26 Å². The van der Waals surface area contributed by atoms with Crippen molar-refractivity contribution in [1.29, 1.82) is 5.26 Å². The molecule has 0 aliphatic carbocycles. The smallest absolute Gasteiger partial charge is 0.116 e. The molecule has 0 bridgehead atoms. The van der Waals surface area contributed by atoms with Gasteiger partial charge in [0.15, 0.2) is 0 Å². The number of thioether (sulfide) groups is 1. The second-order valence-corrected chi connectivity index (χ2v) is 6.89. The van der Waals surface area contributed by atoms with Crippen LogP contribution in [0.2, 0.25) is 0 Å². The quantitative estimate of drug-likeness (QED) is 0.314. The van der Waals surface area contributed by atoms with Gasteiger partial charge in [-0.1, -0.05) is 36.4 Å². The molecule has 2 aromatic carbocycles. The van der Waals surface area contributed by atoms with E-state index in [-0.39, 0.29) is 0 Å². The van der Waals surface area contributed by atoms with Gasteiger partial charge in [0.25, 0.3) is 0 Å². The van der Waals surface area contributed by atoms with Gasteiger partial charge in [0.1, 0.15) is 16.7 Å². The van der Waals surface area contributed by atoms with E-state index in [4.69, 9.17) is 4.98 Å². The van der Waals surface area contributed by atoms with Crippen LogP contribution in [-0.4, -0.2) is 22.3 Å². The van der Waals surface area contributed by atoms with Gasteiger partial charge in [0.2, 0.25) is 0 Å². The summed E-state index contributed by atoms with van der Waals surface area (Å²) in [5.74, 6) is 0.815. The fourth-order valence-corrected chi connectivity index (χ4v) is 3.65. The zero-order valence-corrected chi connectivity index (χ0v) is 14.8. The van der Waals surface area contributed by atoms with E-state index in [0.717, 1.165) is 44.8 Å². The average molecular weight is 356 g/mol. The lowest BCUT2D eigenvalue weighted by Gasteiger charge is -2.08. The van der Waals surface area contributed by atoms with Gasteiger partial charge in [-0.3, -0.25) is 0 Å². The summed E-state index contributed by atoms with van der Waals surface area (Å²) < 4.78 is 0. The van der Waals surface area contributed by atoms with Gasteiger partial charge in [-0.15, -0.1) is 11.8 Å². The maximum atomic E-state index is 9.66. The van der Waals surface area contributed by atoms with Gasteiger partial charge in [0.05, 0.1) is 11.0 Å². The number of pyridine rings is 2. The van der Waals surface area contributed by atoms with Gasteiger partial charge < -0.3 is 5.32 Å². The Morgan fingerprint density at radius 3 is 2.65 bits per heavy atom. The van der Waals surface area contributed by atoms with E-state index in [1.807, 2.05) is 66.9 Å². The first kappa shape index (κ1) is 16.4. The molecule has 0 aliphatic heterocycles. The molecule has 26 heavy (non-hydrogen) atoms. The minimum Gasteiger partial charge on any atom is -0.384 e. The molecule has 4 rings (SSSR count). The molecule has 5 heteroatoms. The highest BCUT2D eigenvalue weighted by Gasteiger charge is 2.12. The third kappa shape index (κ3) is 3.32. The van der Waals surface area contributed by atoms with Crippen molar-refractivity contribution in [1.82, 2.24) is 9.97 Å². The Morgan fingerprint density at radius 2 is 1.81 bits per heavy atom. The maximum absolute atomic E-state index is 9.66. The summed E-state index contributed by atoms with van der Waals surface area (Å²) in [6, 6.07) is 22.3. The summed E-state index contributed by atoms with van der Waals surface area (Å²) in [5.41, 5.74) is 3.26. The van der Waals surface area contributed by atoms with Crippen LogP contribution in [0.1, 0.15) is 5.56 Å². The van der Waals surface area contributed by atoms with Crippen LogP contribution in [0.3, 0.4) is 0 Å². The normalized spacial score (nSPS) is 10.7. The Kier molecular flexibility index (Phi) is 4.67. The molecule has 4 aromatic rings. The molecule has 4 nitrogen and oxygen atoms in total. The van der Waals surface area contributed by atoms with E-state index in [1.165, 1.54) is 0 Å². The first-order valence-electron chi connectivity index (χ1n) is 8.35. The molecule has 0 atom stereocenters. The number of nitriles is 1. The number of para-hydroxylation sites is 2. The number of hydrogen-bond acceptors (Lipinski definition) is 5. The topological polar surface area (TPSA) is 61.6 Å². The summed E-state index contributed by atoms with van der Waals surface area (Å²) in [7, 11) is 0. The lowest BCUT2D eigenvalue weighted by atomic mass is 10.1. The van der Waals surface area contributed by atoms with E-state index in [0.29, 0.717) is 5.56 Å². The van der Waals surface area contributed by atoms with Crippen LogP contribution in [0.4, 0.5) is 5.69 Å². The van der Waals surface area contributed by atoms with E-state index >= 15 is 0 Å². The average Bonchev–Trinajstić information content (AvgIpc) is 2.70. The molecule has 0 radical (unpaired) electrons. The molecule has 1 N–H and O–H groups in total. The number of benzene rings is 2. The monoisotopic (exact) mass is 356 g/mol. The van der Waals surface area contributed by atoms with Crippen molar-refractivity contribution in [3.8, 4) is 6.07 Å². The van der Waals surface area contributed by atoms with Crippen molar-refractivity contribution in [2.45, 2.75) is 5.03 Å². The maximum Gasteiger partial charge on any atom is 0.116 e. The Hall–Kier alpha value is -3.10. The highest BCUT2D eigenvalue weighted by atomic mass is 32.2. The van der Waals surface area contributed by atoms with E-state index in [2.05, 4.69) is 16.4 Å². The number of fused-ring (bicyclic) bond motifs is 2. The second kappa shape index (κ2) is 7.42. The Labute approximate surface area is 155 Å². The zero-order valence-electron chi connectivity index (χ0n) is 14.0. The molecule has 126 valence electrons.